The maximum absolute atomic E-state index is 12.5. The first kappa shape index (κ1) is 21.6. The van der Waals surface area contributed by atoms with Crippen molar-refractivity contribution >= 4 is 29.4 Å². The number of methoxy groups -OCH3 is 2. The minimum atomic E-state index is -0.416. The summed E-state index contributed by atoms with van der Waals surface area (Å²) in [5.74, 6) is 2.05. The number of nitrogens with zero attached hydrogens (tertiary/aromatic N) is 2. The first-order valence-corrected chi connectivity index (χ1v) is 9.70. The van der Waals surface area contributed by atoms with E-state index in [0.29, 0.717) is 29.6 Å². The number of amides is 2. The van der Waals surface area contributed by atoms with E-state index in [4.69, 9.17) is 14.0 Å². The van der Waals surface area contributed by atoms with Crippen LogP contribution in [0.5, 0.6) is 11.5 Å². The van der Waals surface area contributed by atoms with Gasteiger partial charge in [-0.2, -0.15) is 0 Å². The number of ether oxygens (including phenoxy) is 2. The molecule has 0 saturated carbocycles. The third-order valence-electron chi connectivity index (χ3n) is 4.02. The SMILES string of the molecule is COc1cccc(CN(C)C(=O)CS[C@H](C)C(=O)Nc2cc(C)on2)c1OC. The lowest BCUT2D eigenvalue weighted by Gasteiger charge is -2.20. The molecular formula is C19H25N3O5S. The lowest BCUT2D eigenvalue weighted by atomic mass is 10.1. The van der Waals surface area contributed by atoms with E-state index < -0.39 is 5.25 Å². The highest BCUT2D eigenvalue weighted by Gasteiger charge is 2.19. The Labute approximate surface area is 168 Å². The zero-order valence-corrected chi connectivity index (χ0v) is 17.5. The molecule has 0 unspecified atom stereocenters. The number of aryl methyl sites for hydroxylation is 1. The molecule has 1 aromatic heterocycles. The van der Waals surface area contributed by atoms with Gasteiger partial charge in [-0.05, 0) is 19.9 Å². The summed E-state index contributed by atoms with van der Waals surface area (Å²) in [4.78, 5) is 26.2. The van der Waals surface area contributed by atoms with Crippen molar-refractivity contribution in [2.75, 3.05) is 32.3 Å². The van der Waals surface area contributed by atoms with Crippen LogP contribution in [0.3, 0.4) is 0 Å². The number of carbonyl (C=O) groups is 2. The highest BCUT2D eigenvalue weighted by molar-refractivity contribution is 8.01. The fourth-order valence-corrected chi connectivity index (χ4v) is 3.28. The molecule has 1 aromatic carbocycles. The Bertz CT molecular complexity index is 824. The molecule has 9 heteroatoms. The van der Waals surface area contributed by atoms with Crippen molar-refractivity contribution in [3.8, 4) is 11.5 Å². The zero-order chi connectivity index (χ0) is 20.7. The number of thioether (sulfide) groups is 1. The molecule has 0 aliphatic rings. The third-order valence-corrected chi connectivity index (χ3v) is 5.15. The predicted molar refractivity (Wildman–Crippen MR) is 108 cm³/mol. The smallest absolute Gasteiger partial charge is 0.238 e. The number of rotatable bonds is 9. The summed E-state index contributed by atoms with van der Waals surface area (Å²) in [5, 5.41) is 5.97. The Balaban J connectivity index is 1.87. The van der Waals surface area contributed by atoms with Crippen LogP contribution in [0.4, 0.5) is 5.82 Å². The number of hydrogen-bond acceptors (Lipinski definition) is 7. The largest absolute Gasteiger partial charge is 0.493 e. The number of nitrogens with one attached hydrogen (secondary N) is 1. The molecule has 152 valence electrons. The first-order chi connectivity index (χ1) is 13.3. The number of para-hydroxylation sites is 1. The Kier molecular flexibility index (Phi) is 7.74. The van der Waals surface area contributed by atoms with Gasteiger partial charge in [0.15, 0.2) is 17.3 Å². The summed E-state index contributed by atoms with van der Waals surface area (Å²) in [6, 6.07) is 7.17. The minimum Gasteiger partial charge on any atom is -0.493 e. The normalized spacial score (nSPS) is 11.6. The van der Waals surface area contributed by atoms with Gasteiger partial charge < -0.3 is 24.2 Å². The fourth-order valence-electron chi connectivity index (χ4n) is 2.46. The molecule has 1 atom stereocenters. The van der Waals surface area contributed by atoms with Crippen molar-refractivity contribution < 1.29 is 23.6 Å². The molecule has 0 fully saturated rings. The molecule has 1 N–H and O–H groups in total. The predicted octanol–water partition coefficient (Wildman–Crippen LogP) is 2.72. The van der Waals surface area contributed by atoms with E-state index in [2.05, 4.69) is 10.5 Å². The standard InChI is InChI=1S/C19H25N3O5S/c1-12-9-16(21-27-12)20-19(24)13(2)28-11-17(23)22(3)10-14-7-6-8-15(25-4)18(14)26-5/h6-9,13H,10-11H2,1-5H3,(H,20,21,24)/t13-/m1/s1. The molecule has 2 aromatic rings. The van der Waals surface area contributed by atoms with Gasteiger partial charge in [0.1, 0.15) is 5.76 Å². The van der Waals surface area contributed by atoms with E-state index in [-0.39, 0.29) is 17.6 Å². The van der Waals surface area contributed by atoms with Crippen molar-refractivity contribution in [3.63, 3.8) is 0 Å². The molecule has 2 amide bonds. The van der Waals surface area contributed by atoms with E-state index >= 15 is 0 Å². The molecule has 0 radical (unpaired) electrons. The van der Waals surface area contributed by atoms with Crippen LogP contribution >= 0.6 is 11.8 Å². The highest BCUT2D eigenvalue weighted by atomic mass is 32.2. The minimum absolute atomic E-state index is 0.0909. The van der Waals surface area contributed by atoms with Crippen LogP contribution in [0.25, 0.3) is 0 Å². The molecular weight excluding hydrogens is 382 g/mol. The van der Waals surface area contributed by atoms with Gasteiger partial charge in [0.25, 0.3) is 0 Å². The summed E-state index contributed by atoms with van der Waals surface area (Å²) < 4.78 is 15.6. The first-order valence-electron chi connectivity index (χ1n) is 8.65. The summed E-state index contributed by atoms with van der Waals surface area (Å²) >= 11 is 1.26. The lowest BCUT2D eigenvalue weighted by Crippen LogP contribution is -2.30. The van der Waals surface area contributed by atoms with Crippen LogP contribution < -0.4 is 14.8 Å². The fraction of sp³-hybridized carbons (Fsp3) is 0.421. The van der Waals surface area contributed by atoms with Crippen LogP contribution in [-0.4, -0.2) is 54.1 Å². The number of carbonyl (C=O) groups excluding carboxylic acids is 2. The molecule has 0 bridgehead atoms. The second-order valence-corrected chi connectivity index (χ2v) is 7.50. The molecule has 0 aliphatic carbocycles. The van der Waals surface area contributed by atoms with Gasteiger partial charge >= 0.3 is 0 Å². The second-order valence-electron chi connectivity index (χ2n) is 6.17. The van der Waals surface area contributed by atoms with Crippen LogP contribution in [0.15, 0.2) is 28.8 Å². The molecule has 0 aliphatic heterocycles. The molecule has 8 nitrogen and oxygen atoms in total. The lowest BCUT2D eigenvalue weighted by molar-refractivity contribution is -0.127. The van der Waals surface area contributed by atoms with E-state index in [1.54, 1.807) is 52.1 Å². The van der Waals surface area contributed by atoms with Crippen molar-refractivity contribution in [1.29, 1.82) is 0 Å². The van der Waals surface area contributed by atoms with E-state index in [9.17, 15) is 9.59 Å². The number of aromatic nitrogens is 1. The van der Waals surface area contributed by atoms with Crippen molar-refractivity contribution in [3.05, 3.63) is 35.6 Å². The molecule has 0 spiro atoms. The summed E-state index contributed by atoms with van der Waals surface area (Å²) in [6.07, 6.45) is 0. The average Bonchev–Trinajstić information content (AvgIpc) is 3.09. The van der Waals surface area contributed by atoms with Crippen LogP contribution in [0.2, 0.25) is 0 Å². The summed E-state index contributed by atoms with van der Waals surface area (Å²) in [7, 11) is 4.85. The van der Waals surface area contributed by atoms with Gasteiger partial charge in [-0.15, -0.1) is 11.8 Å². The average molecular weight is 407 g/mol. The van der Waals surface area contributed by atoms with E-state index in [0.717, 1.165) is 5.56 Å². The zero-order valence-electron chi connectivity index (χ0n) is 16.6. The molecule has 0 saturated heterocycles. The van der Waals surface area contributed by atoms with Crippen LogP contribution in [0, 0.1) is 6.92 Å². The number of anilines is 1. The van der Waals surface area contributed by atoms with Crippen molar-refractivity contribution in [2.24, 2.45) is 0 Å². The van der Waals surface area contributed by atoms with Crippen LogP contribution in [-0.2, 0) is 16.1 Å². The van der Waals surface area contributed by atoms with Gasteiger partial charge in [-0.3, -0.25) is 9.59 Å². The monoisotopic (exact) mass is 407 g/mol. The Morgan fingerprint density at radius 1 is 1.32 bits per heavy atom. The third kappa shape index (κ3) is 5.66. The van der Waals surface area contributed by atoms with Gasteiger partial charge in [0.05, 0.1) is 25.2 Å². The van der Waals surface area contributed by atoms with E-state index in [1.807, 2.05) is 12.1 Å². The Morgan fingerprint density at radius 2 is 2.07 bits per heavy atom. The molecule has 28 heavy (non-hydrogen) atoms. The van der Waals surface area contributed by atoms with Gasteiger partial charge in [-0.25, -0.2) is 0 Å². The van der Waals surface area contributed by atoms with Crippen molar-refractivity contribution in [2.45, 2.75) is 25.6 Å². The van der Waals surface area contributed by atoms with Crippen molar-refractivity contribution in [1.82, 2.24) is 10.1 Å². The topological polar surface area (TPSA) is 93.9 Å². The molecule has 1 heterocycles. The van der Waals surface area contributed by atoms with Gasteiger partial charge in [0.2, 0.25) is 11.8 Å². The Hall–Kier alpha value is -2.68. The Morgan fingerprint density at radius 3 is 2.68 bits per heavy atom. The maximum Gasteiger partial charge on any atom is 0.238 e. The van der Waals surface area contributed by atoms with Crippen LogP contribution in [0.1, 0.15) is 18.2 Å². The molecule has 2 rings (SSSR count). The second kappa shape index (κ2) is 10.0. The summed E-state index contributed by atoms with van der Waals surface area (Å²) in [5.41, 5.74) is 0.842. The number of hydrogen-bond donors (Lipinski definition) is 1. The van der Waals surface area contributed by atoms with E-state index in [1.165, 1.54) is 11.8 Å². The van der Waals surface area contributed by atoms with Gasteiger partial charge in [0, 0.05) is 25.2 Å². The quantitative estimate of drug-likeness (QED) is 0.683. The summed E-state index contributed by atoms with van der Waals surface area (Å²) in [6.45, 7) is 3.86. The highest BCUT2D eigenvalue weighted by Crippen LogP contribution is 2.31. The number of benzene rings is 1. The maximum atomic E-state index is 12.5. The van der Waals surface area contributed by atoms with Gasteiger partial charge in [-0.1, -0.05) is 17.3 Å².